The lowest BCUT2D eigenvalue weighted by Gasteiger charge is -2.33. The molecule has 1 saturated heterocycles. The minimum absolute atomic E-state index is 0.0255. The molecule has 3 rings (SSSR count). The summed E-state index contributed by atoms with van der Waals surface area (Å²) in [5, 5.41) is 5.81. The van der Waals surface area contributed by atoms with Gasteiger partial charge in [0.05, 0.1) is 12.7 Å². The number of nitrogens with zero attached hydrogens (tertiary/aromatic N) is 1. The highest BCUT2D eigenvalue weighted by atomic mass is 16.5. The number of morpholine rings is 1. The molecule has 5 nitrogen and oxygen atoms in total. The van der Waals surface area contributed by atoms with Gasteiger partial charge in [-0.3, -0.25) is 4.90 Å². The van der Waals surface area contributed by atoms with Crippen molar-refractivity contribution in [2.45, 2.75) is 26.1 Å². The minimum Gasteiger partial charge on any atom is -0.374 e. The first-order valence-corrected chi connectivity index (χ1v) is 9.14. The maximum Gasteiger partial charge on any atom is 0.315 e. The lowest BCUT2D eigenvalue weighted by molar-refractivity contribution is -0.0287. The van der Waals surface area contributed by atoms with Crippen LogP contribution < -0.4 is 10.6 Å². The number of aryl methyl sites for hydroxylation is 1. The lowest BCUT2D eigenvalue weighted by atomic mass is 10.1. The molecule has 1 aliphatic rings. The molecule has 5 heteroatoms. The fourth-order valence-corrected chi connectivity index (χ4v) is 3.05. The van der Waals surface area contributed by atoms with E-state index in [1.807, 2.05) is 30.3 Å². The largest absolute Gasteiger partial charge is 0.374 e. The smallest absolute Gasteiger partial charge is 0.315 e. The molecule has 0 bridgehead atoms. The number of amides is 2. The standard InChI is InChI=1S/C21H27N3O2/c1-17-7-9-18(10-8-17)13-22-21(25)23-14-20-16-24(11-12-26-20)15-19-5-3-2-4-6-19/h2-10,20H,11-16H2,1H3,(H2,22,23,25). The number of ether oxygens (including phenoxy) is 1. The molecule has 0 saturated carbocycles. The number of carbonyl (C=O) groups excluding carboxylic acids is 1. The van der Waals surface area contributed by atoms with Crippen molar-refractivity contribution in [3.8, 4) is 0 Å². The minimum atomic E-state index is -0.158. The average molecular weight is 353 g/mol. The van der Waals surface area contributed by atoms with Crippen LogP contribution in [0, 0.1) is 6.92 Å². The van der Waals surface area contributed by atoms with E-state index in [1.54, 1.807) is 0 Å². The van der Waals surface area contributed by atoms with Crippen molar-refractivity contribution < 1.29 is 9.53 Å². The number of urea groups is 1. The van der Waals surface area contributed by atoms with Crippen molar-refractivity contribution in [2.75, 3.05) is 26.2 Å². The molecule has 0 aliphatic carbocycles. The summed E-state index contributed by atoms with van der Waals surface area (Å²) in [4.78, 5) is 14.4. The molecule has 1 aliphatic heterocycles. The summed E-state index contributed by atoms with van der Waals surface area (Å²) in [6.45, 7) is 6.46. The Labute approximate surface area is 155 Å². The number of hydrogen-bond acceptors (Lipinski definition) is 3. The molecule has 1 unspecified atom stereocenters. The van der Waals surface area contributed by atoms with Gasteiger partial charge in [0, 0.05) is 32.7 Å². The second-order valence-corrected chi connectivity index (χ2v) is 6.76. The molecule has 2 N–H and O–H groups in total. The fraction of sp³-hybridized carbons (Fsp3) is 0.381. The monoisotopic (exact) mass is 353 g/mol. The van der Waals surface area contributed by atoms with E-state index in [0.717, 1.165) is 25.2 Å². The molecule has 2 aromatic carbocycles. The number of hydrogen-bond donors (Lipinski definition) is 2. The summed E-state index contributed by atoms with van der Waals surface area (Å²) in [7, 11) is 0. The van der Waals surface area contributed by atoms with Crippen molar-refractivity contribution in [1.29, 1.82) is 0 Å². The molecule has 26 heavy (non-hydrogen) atoms. The zero-order chi connectivity index (χ0) is 18.2. The summed E-state index contributed by atoms with van der Waals surface area (Å²) in [5.74, 6) is 0. The Kier molecular flexibility index (Phi) is 6.63. The predicted octanol–water partition coefficient (Wildman–Crippen LogP) is 2.70. The SMILES string of the molecule is Cc1ccc(CNC(=O)NCC2CN(Cc3ccccc3)CCO2)cc1. The van der Waals surface area contributed by atoms with Crippen LogP contribution in [-0.4, -0.2) is 43.3 Å². The van der Waals surface area contributed by atoms with Gasteiger partial charge >= 0.3 is 6.03 Å². The van der Waals surface area contributed by atoms with Gasteiger partial charge in [-0.25, -0.2) is 4.79 Å². The Morgan fingerprint density at radius 1 is 1.08 bits per heavy atom. The average Bonchev–Trinajstić information content (AvgIpc) is 2.67. The van der Waals surface area contributed by atoms with Crippen LogP contribution in [0.15, 0.2) is 54.6 Å². The third-order valence-electron chi connectivity index (χ3n) is 4.54. The van der Waals surface area contributed by atoms with Crippen LogP contribution in [-0.2, 0) is 17.8 Å². The van der Waals surface area contributed by atoms with Crippen LogP contribution in [0.25, 0.3) is 0 Å². The van der Waals surface area contributed by atoms with Gasteiger partial charge in [0.15, 0.2) is 0 Å². The second-order valence-electron chi connectivity index (χ2n) is 6.76. The van der Waals surface area contributed by atoms with Crippen molar-refractivity contribution >= 4 is 6.03 Å². The highest BCUT2D eigenvalue weighted by Gasteiger charge is 2.20. The summed E-state index contributed by atoms with van der Waals surface area (Å²) in [5.41, 5.74) is 3.61. The second kappa shape index (κ2) is 9.36. The van der Waals surface area contributed by atoms with E-state index in [0.29, 0.717) is 19.7 Å². The van der Waals surface area contributed by atoms with Gasteiger partial charge in [0.2, 0.25) is 0 Å². The fourth-order valence-electron chi connectivity index (χ4n) is 3.05. The zero-order valence-corrected chi connectivity index (χ0v) is 15.3. The molecule has 2 aromatic rings. The number of carbonyl (C=O) groups is 1. The predicted molar refractivity (Wildman–Crippen MR) is 103 cm³/mol. The Morgan fingerprint density at radius 2 is 1.85 bits per heavy atom. The molecule has 0 aromatic heterocycles. The Bertz CT molecular complexity index is 688. The Balaban J connectivity index is 1.38. The molecule has 0 radical (unpaired) electrons. The number of nitrogens with one attached hydrogen (secondary N) is 2. The van der Waals surface area contributed by atoms with Gasteiger partial charge in [-0.15, -0.1) is 0 Å². The molecule has 0 spiro atoms. The Hall–Kier alpha value is -2.37. The van der Waals surface area contributed by atoms with E-state index < -0.39 is 0 Å². The molecule has 1 atom stereocenters. The van der Waals surface area contributed by atoms with Crippen LogP contribution in [0.5, 0.6) is 0 Å². The summed E-state index contributed by atoms with van der Waals surface area (Å²) in [6.07, 6.45) is 0.0255. The van der Waals surface area contributed by atoms with Gasteiger partial charge in [-0.2, -0.15) is 0 Å². The van der Waals surface area contributed by atoms with Gasteiger partial charge in [-0.05, 0) is 18.1 Å². The number of rotatable bonds is 6. The first kappa shape index (κ1) is 18.4. The van der Waals surface area contributed by atoms with Crippen molar-refractivity contribution in [3.63, 3.8) is 0 Å². The summed E-state index contributed by atoms with van der Waals surface area (Å²) >= 11 is 0. The van der Waals surface area contributed by atoms with E-state index in [-0.39, 0.29) is 12.1 Å². The van der Waals surface area contributed by atoms with Crippen LogP contribution >= 0.6 is 0 Å². The summed E-state index contributed by atoms with van der Waals surface area (Å²) < 4.78 is 5.79. The molecule has 1 heterocycles. The third kappa shape index (κ3) is 5.86. The highest BCUT2D eigenvalue weighted by molar-refractivity contribution is 5.73. The van der Waals surface area contributed by atoms with E-state index >= 15 is 0 Å². The normalized spacial score (nSPS) is 17.7. The van der Waals surface area contributed by atoms with Crippen LogP contribution in [0.4, 0.5) is 4.79 Å². The molecule has 2 amide bonds. The van der Waals surface area contributed by atoms with E-state index in [1.165, 1.54) is 11.1 Å². The molecular weight excluding hydrogens is 326 g/mol. The molecule has 138 valence electrons. The number of benzene rings is 2. The van der Waals surface area contributed by atoms with Gasteiger partial charge in [0.1, 0.15) is 0 Å². The van der Waals surface area contributed by atoms with Crippen molar-refractivity contribution in [2.24, 2.45) is 0 Å². The first-order valence-electron chi connectivity index (χ1n) is 9.14. The van der Waals surface area contributed by atoms with Crippen molar-refractivity contribution in [3.05, 3.63) is 71.3 Å². The quantitative estimate of drug-likeness (QED) is 0.840. The maximum atomic E-state index is 12.0. The van der Waals surface area contributed by atoms with Crippen LogP contribution in [0.3, 0.4) is 0 Å². The van der Waals surface area contributed by atoms with E-state index in [9.17, 15) is 4.79 Å². The van der Waals surface area contributed by atoms with Gasteiger partial charge in [-0.1, -0.05) is 60.2 Å². The first-order chi connectivity index (χ1) is 12.7. The zero-order valence-electron chi connectivity index (χ0n) is 15.3. The third-order valence-corrected chi connectivity index (χ3v) is 4.54. The molecular formula is C21H27N3O2. The lowest BCUT2D eigenvalue weighted by Crippen LogP contribution is -2.48. The maximum absolute atomic E-state index is 12.0. The van der Waals surface area contributed by atoms with Gasteiger partial charge < -0.3 is 15.4 Å². The van der Waals surface area contributed by atoms with Crippen molar-refractivity contribution in [1.82, 2.24) is 15.5 Å². The van der Waals surface area contributed by atoms with Gasteiger partial charge in [0.25, 0.3) is 0 Å². The topological polar surface area (TPSA) is 53.6 Å². The Morgan fingerprint density at radius 3 is 2.62 bits per heavy atom. The molecule has 1 fully saturated rings. The highest BCUT2D eigenvalue weighted by Crippen LogP contribution is 2.10. The van der Waals surface area contributed by atoms with E-state index in [2.05, 4.69) is 46.7 Å². The summed E-state index contributed by atoms with van der Waals surface area (Å²) in [6, 6.07) is 18.4. The van der Waals surface area contributed by atoms with E-state index in [4.69, 9.17) is 4.74 Å². The van der Waals surface area contributed by atoms with Crippen LogP contribution in [0.1, 0.15) is 16.7 Å². The van der Waals surface area contributed by atoms with Crippen LogP contribution in [0.2, 0.25) is 0 Å².